The van der Waals surface area contributed by atoms with Crippen LogP contribution in [-0.2, 0) is 26.2 Å². The van der Waals surface area contributed by atoms with Crippen LogP contribution in [0.1, 0.15) is 52.5 Å². The van der Waals surface area contributed by atoms with Crippen LogP contribution in [-0.4, -0.2) is 49.5 Å². The molecule has 0 aliphatic heterocycles. The molecule has 0 aliphatic rings. The van der Waals surface area contributed by atoms with Gasteiger partial charge >= 0.3 is 0 Å². The molecule has 0 saturated carbocycles. The third-order valence-corrected chi connectivity index (χ3v) is 7.01. The highest BCUT2D eigenvalue weighted by molar-refractivity contribution is 7.92. The van der Waals surface area contributed by atoms with Gasteiger partial charge in [0.1, 0.15) is 11.9 Å². The van der Waals surface area contributed by atoms with Gasteiger partial charge in [-0.25, -0.2) is 12.8 Å². The molecule has 10 heteroatoms. The largest absolute Gasteiger partial charge is 0.350 e. The number of halogens is 2. The molecule has 0 aliphatic carbocycles. The molecule has 0 bridgehead atoms. The zero-order chi connectivity index (χ0) is 27.1. The van der Waals surface area contributed by atoms with Crippen molar-refractivity contribution in [3.05, 3.63) is 64.9 Å². The van der Waals surface area contributed by atoms with Gasteiger partial charge in [-0.3, -0.25) is 13.9 Å². The highest BCUT2D eigenvalue weighted by atomic mass is 35.5. The quantitative estimate of drug-likeness (QED) is 0.446. The van der Waals surface area contributed by atoms with E-state index in [9.17, 15) is 22.4 Å². The number of nitrogens with one attached hydrogen (secondary N) is 1. The summed E-state index contributed by atoms with van der Waals surface area (Å²) in [5.41, 5.74) is 0.545. The van der Waals surface area contributed by atoms with Crippen molar-refractivity contribution in [1.82, 2.24) is 10.2 Å². The Morgan fingerprint density at radius 3 is 2.22 bits per heavy atom. The smallest absolute Gasteiger partial charge is 0.243 e. The first-order valence-corrected chi connectivity index (χ1v) is 14.0. The number of anilines is 1. The SMILES string of the molecule is CCC(C(=O)NC(C)(C)C)N(Cc1ccccc1Cl)C(=O)CCCN(c1ccc(F)cc1)S(C)(=O)=O. The van der Waals surface area contributed by atoms with Crippen LogP contribution in [0.5, 0.6) is 0 Å². The Labute approximate surface area is 218 Å². The number of carbonyl (C=O) groups excluding carboxylic acids is 2. The van der Waals surface area contributed by atoms with E-state index in [1.165, 1.54) is 29.2 Å². The molecule has 2 amide bonds. The van der Waals surface area contributed by atoms with E-state index in [1.807, 2.05) is 33.8 Å². The van der Waals surface area contributed by atoms with Crippen LogP contribution >= 0.6 is 11.6 Å². The molecule has 2 aromatic carbocycles. The number of benzene rings is 2. The summed E-state index contributed by atoms with van der Waals surface area (Å²) >= 11 is 6.34. The van der Waals surface area contributed by atoms with Crippen molar-refractivity contribution in [2.45, 2.75) is 65.1 Å². The van der Waals surface area contributed by atoms with Gasteiger partial charge in [-0.2, -0.15) is 0 Å². The molecule has 1 N–H and O–H groups in total. The summed E-state index contributed by atoms with van der Waals surface area (Å²) in [4.78, 5) is 28.0. The van der Waals surface area contributed by atoms with Gasteiger partial charge < -0.3 is 10.2 Å². The third kappa shape index (κ3) is 8.78. The monoisotopic (exact) mass is 539 g/mol. The standard InChI is InChI=1S/C26H35ClFN3O4S/c1-6-23(25(33)29-26(2,3)4)30(18-19-10-7-8-11-22(19)27)24(32)12-9-17-31(36(5,34)35)21-15-13-20(28)14-16-21/h7-8,10-11,13-16,23H,6,9,12,17-18H2,1-5H3,(H,29,33). The molecular weight excluding hydrogens is 505 g/mol. The highest BCUT2D eigenvalue weighted by Crippen LogP contribution is 2.22. The van der Waals surface area contributed by atoms with Gasteiger partial charge in [0.05, 0.1) is 11.9 Å². The first kappa shape index (κ1) is 29.6. The zero-order valence-corrected chi connectivity index (χ0v) is 23.0. The van der Waals surface area contributed by atoms with Crippen molar-refractivity contribution in [3.8, 4) is 0 Å². The Balaban J connectivity index is 2.24. The molecule has 1 unspecified atom stereocenters. The summed E-state index contributed by atoms with van der Waals surface area (Å²) < 4.78 is 39.2. The number of sulfonamides is 1. The Kier molecular flexibility index (Phi) is 10.3. The summed E-state index contributed by atoms with van der Waals surface area (Å²) in [6.45, 7) is 7.61. The van der Waals surface area contributed by atoms with Crippen molar-refractivity contribution in [2.75, 3.05) is 17.1 Å². The second-order valence-electron chi connectivity index (χ2n) is 9.69. The van der Waals surface area contributed by atoms with Gasteiger partial charge in [-0.1, -0.05) is 36.7 Å². The van der Waals surface area contributed by atoms with E-state index in [-0.39, 0.29) is 37.7 Å². The Hall–Kier alpha value is -2.65. The zero-order valence-electron chi connectivity index (χ0n) is 21.4. The Morgan fingerprint density at radius 2 is 1.69 bits per heavy atom. The first-order chi connectivity index (χ1) is 16.7. The highest BCUT2D eigenvalue weighted by Gasteiger charge is 2.31. The van der Waals surface area contributed by atoms with Crippen molar-refractivity contribution >= 4 is 39.1 Å². The lowest BCUT2D eigenvalue weighted by molar-refractivity contribution is -0.142. The maximum atomic E-state index is 13.4. The molecule has 0 radical (unpaired) electrons. The normalized spacial score (nSPS) is 12.6. The van der Waals surface area contributed by atoms with Crippen molar-refractivity contribution in [3.63, 3.8) is 0 Å². The van der Waals surface area contributed by atoms with Gasteiger partial charge in [-0.05, 0) is 69.5 Å². The van der Waals surface area contributed by atoms with Crippen LogP contribution in [0.3, 0.4) is 0 Å². The molecular formula is C26H35ClFN3O4S. The fourth-order valence-electron chi connectivity index (χ4n) is 3.79. The van der Waals surface area contributed by atoms with E-state index in [2.05, 4.69) is 5.32 Å². The number of carbonyl (C=O) groups is 2. The summed E-state index contributed by atoms with van der Waals surface area (Å²) in [5.74, 6) is -1.04. The Bertz CT molecular complexity index is 1150. The lowest BCUT2D eigenvalue weighted by atomic mass is 10.0. The fraction of sp³-hybridized carbons (Fsp3) is 0.462. The molecule has 7 nitrogen and oxygen atoms in total. The minimum absolute atomic E-state index is 0.0109. The van der Waals surface area contributed by atoms with Crippen molar-refractivity contribution < 1.29 is 22.4 Å². The molecule has 0 fully saturated rings. The predicted octanol–water partition coefficient (Wildman–Crippen LogP) is 4.75. The maximum absolute atomic E-state index is 13.4. The topological polar surface area (TPSA) is 86.8 Å². The van der Waals surface area contributed by atoms with Gasteiger partial charge in [0, 0.05) is 30.1 Å². The molecule has 2 aromatic rings. The van der Waals surface area contributed by atoms with E-state index in [1.54, 1.807) is 18.2 Å². The molecule has 0 spiro atoms. The number of nitrogens with zero attached hydrogens (tertiary/aromatic N) is 2. The van der Waals surface area contributed by atoms with Gasteiger partial charge in [0.25, 0.3) is 0 Å². The third-order valence-electron chi connectivity index (χ3n) is 5.45. The summed E-state index contributed by atoms with van der Waals surface area (Å²) in [6.07, 6.45) is 1.67. The van der Waals surface area contributed by atoms with Crippen LogP contribution in [0.4, 0.5) is 10.1 Å². The molecule has 198 valence electrons. The van der Waals surface area contributed by atoms with Crippen LogP contribution in [0, 0.1) is 5.82 Å². The van der Waals surface area contributed by atoms with Crippen LogP contribution < -0.4 is 9.62 Å². The molecule has 0 heterocycles. The number of hydrogen-bond donors (Lipinski definition) is 1. The molecule has 2 rings (SSSR count). The average Bonchev–Trinajstić information content (AvgIpc) is 2.76. The van der Waals surface area contributed by atoms with Crippen LogP contribution in [0.2, 0.25) is 5.02 Å². The van der Waals surface area contributed by atoms with Crippen molar-refractivity contribution in [2.24, 2.45) is 0 Å². The molecule has 1 atom stereocenters. The summed E-state index contributed by atoms with van der Waals surface area (Å²) in [6, 6.07) is 11.5. The maximum Gasteiger partial charge on any atom is 0.243 e. The minimum atomic E-state index is -3.65. The Morgan fingerprint density at radius 1 is 1.08 bits per heavy atom. The second-order valence-corrected chi connectivity index (χ2v) is 12.0. The second kappa shape index (κ2) is 12.5. The van der Waals surface area contributed by atoms with Gasteiger partial charge in [-0.15, -0.1) is 0 Å². The predicted molar refractivity (Wildman–Crippen MR) is 142 cm³/mol. The minimum Gasteiger partial charge on any atom is -0.350 e. The lowest BCUT2D eigenvalue weighted by Gasteiger charge is -2.33. The van der Waals surface area contributed by atoms with E-state index >= 15 is 0 Å². The van der Waals surface area contributed by atoms with Crippen LogP contribution in [0.25, 0.3) is 0 Å². The average molecular weight is 540 g/mol. The number of rotatable bonds is 11. The van der Waals surface area contributed by atoms with E-state index < -0.39 is 27.4 Å². The number of amides is 2. The van der Waals surface area contributed by atoms with Gasteiger partial charge in [0.15, 0.2) is 0 Å². The molecule has 0 aromatic heterocycles. The van der Waals surface area contributed by atoms with Crippen molar-refractivity contribution in [1.29, 1.82) is 0 Å². The van der Waals surface area contributed by atoms with E-state index in [0.717, 1.165) is 10.6 Å². The lowest BCUT2D eigenvalue weighted by Crippen LogP contribution is -2.53. The van der Waals surface area contributed by atoms with E-state index in [0.29, 0.717) is 22.7 Å². The number of hydrogen-bond acceptors (Lipinski definition) is 4. The molecule has 0 saturated heterocycles. The first-order valence-electron chi connectivity index (χ1n) is 11.8. The summed E-state index contributed by atoms with van der Waals surface area (Å²) in [7, 11) is -3.65. The van der Waals surface area contributed by atoms with Gasteiger partial charge in [0.2, 0.25) is 21.8 Å². The molecule has 36 heavy (non-hydrogen) atoms. The van der Waals surface area contributed by atoms with E-state index in [4.69, 9.17) is 11.6 Å². The summed E-state index contributed by atoms with van der Waals surface area (Å²) in [5, 5.41) is 3.43. The fourth-order valence-corrected chi connectivity index (χ4v) is 4.95. The van der Waals surface area contributed by atoms with Crippen LogP contribution in [0.15, 0.2) is 48.5 Å².